The molecule has 1 amide bonds. The van der Waals surface area contributed by atoms with E-state index in [4.69, 9.17) is 14.2 Å². The molecule has 1 saturated carbocycles. The van der Waals surface area contributed by atoms with E-state index in [1.54, 1.807) is 4.90 Å². The number of hydrogen-bond donors (Lipinski definition) is 0. The van der Waals surface area contributed by atoms with Crippen LogP contribution in [0.2, 0.25) is 0 Å². The number of carbonyl (C=O) groups is 2. The molecule has 2 aliphatic heterocycles. The van der Waals surface area contributed by atoms with Crippen LogP contribution in [0.5, 0.6) is 0 Å². The Balaban J connectivity index is 1.70. The Hall–Kier alpha value is -1.40. The summed E-state index contributed by atoms with van der Waals surface area (Å²) in [6.45, 7) is 10.4. The van der Waals surface area contributed by atoms with Crippen molar-refractivity contribution in [1.82, 2.24) is 4.90 Å². The van der Waals surface area contributed by atoms with Crippen LogP contribution < -0.4 is 0 Å². The second-order valence-electron chi connectivity index (χ2n) is 8.27. The summed E-state index contributed by atoms with van der Waals surface area (Å²) in [7, 11) is 0. The molecule has 0 aromatic heterocycles. The maximum Gasteiger partial charge on any atom is 0.410 e. The van der Waals surface area contributed by atoms with E-state index in [2.05, 4.69) is 6.08 Å². The molecule has 1 saturated heterocycles. The van der Waals surface area contributed by atoms with E-state index in [1.165, 1.54) is 0 Å². The molecule has 0 bridgehead atoms. The van der Waals surface area contributed by atoms with Gasteiger partial charge in [-0.3, -0.25) is 4.79 Å². The van der Waals surface area contributed by atoms with Gasteiger partial charge < -0.3 is 19.1 Å². The lowest BCUT2D eigenvalue weighted by atomic mass is 9.92. The smallest absolute Gasteiger partial charge is 0.410 e. The fourth-order valence-electron chi connectivity index (χ4n) is 3.64. The summed E-state index contributed by atoms with van der Waals surface area (Å²) in [6, 6.07) is 0. The third kappa shape index (κ3) is 3.49. The number of ketones is 1. The molecule has 2 heterocycles. The lowest BCUT2D eigenvalue weighted by Gasteiger charge is -2.33. The minimum Gasteiger partial charge on any atom is -0.444 e. The van der Waals surface area contributed by atoms with E-state index >= 15 is 0 Å². The Bertz CT molecular complexity index is 574. The summed E-state index contributed by atoms with van der Waals surface area (Å²) < 4.78 is 17.2. The van der Waals surface area contributed by atoms with Crippen LogP contribution in [0.15, 0.2) is 11.6 Å². The molecule has 6 heteroatoms. The van der Waals surface area contributed by atoms with E-state index in [9.17, 15) is 9.59 Å². The SMILES string of the molecule is CC(C)(C)OC(=O)N1CCC=C([C@H]2CC(=O)[C@@H]3OC(C)(C)O[C@H]23)C1. The molecule has 0 unspecified atom stereocenters. The lowest BCUT2D eigenvalue weighted by Crippen LogP contribution is -2.41. The molecule has 1 aliphatic carbocycles. The average Bonchev–Trinajstić information content (AvgIpc) is 2.92. The molecule has 24 heavy (non-hydrogen) atoms. The molecule has 0 radical (unpaired) electrons. The van der Waals surface area contributed by atoms with Crippen LogP contribution in [0.1, 0.15) is 47.5 Å². The highest BCUT2D eigenvalue weighted by atomic mass is 16.8. The van der Waals surface area contributed by atoms with Crippen LogP contribution in [0.3, 0.4) is 0 Å². The fraction of sp³-hybridized carbons (Fsp3) is 0.778. The molecule has 134 valence electrons. The molecule has 0 spiro atoms. The third-order valence-corrected chi connectivity index (χ3v) is 4.57. The van der Waals surface area contributed by atoms with Gasteiger partial charge in [-0.05, 0) is 46.6 Å². The van der Waals surface area contributed by atoms with Crippen LogP contribution >= 0.6 is 0 Å². The van der Waals surface area contributed by atoms with Crippen LogP contribution in [0, 0.1) is 5.92 Å². The van der Waals surface area contributed by atoms with Gasteiger partial charge in [-0.2, -0.15) is 0 Å². The minimum absolute atomic E-state index is 0.0190. The Kier molecular flexibility index (Phi) is 4.24. The van der Waals surface area contributed by atoms with E-state index in [1.807, 2.05) is 34.6 Å². The molecular weight excluding hydrogens is 310 g/mol. The number of amides is 1. The second-order valence-corrected chi connectivity index (χ2v) is 8.27. The van der Waals surface area contributed by atoms with E-state index < -0.39 is 17.5 Å². The first-order chi connectivity index (χ1) is 11.1. The van der Waals surface area contributed by atoms with Crippen molar-refractivity contribution in [3.8, 4) is 0 Å². The second kappa shape index (κ2) is 5.85. The number of nitrogens with zero attached hydrogens (tertiary/aromatic N) is 1. The summed E-state index contributed by atoms with van der Waals surface area (Å²) in [5.74, 6) is -0.663. The van der Waals surface area contributed by atoms with Crippen LogP contribution in [-0.2, 0) is 19.0 Å². The summed E-state index contributed by atoms with van der Waals surface area (Å²) in [6.07, 6.45) is 2.27. The van der Waals surface area contributed by atoms with Crippen molar-refractivity contribution >= 4 is 11.9 Å². The highest BCUT2D eigenvalue weighted by Crippen LogP contribution is 2.43. The van der Waals surface area contributed by atoms with E-state index in [0.717, 1.165) is 12.0 Å². The van der Waals surface area contributed by atoms with Crippen molar-refractivity contribution < 1.29 is 23.8 Å². The van der Waals surface area contributed by atoms with Gasteiger partial charge in [-0.1, -0.05) is 6.08 Å². The molecule has 3 aliphatic rings. The first-order valence-electron chi connectivity index (χ1n) is 8.61. The van der Waals surface area contributed by atoms with Crippen molar-refractivity contribution in [3.63, 3.8) is 0 Å². The molecule has 6 nitrogen and oxygen atoms in total. The molecule has 0 aromatic carbocycles. The fourth-order valence-corrected chi connectivity index (χ4v) is 3.64. The topological polar surface area (TPSA) is 65.1 Å². The largest absolute Gasteiger partial charge is 0.444 e. The Morgan fingerprint density at radius 2 is 2.04 bits per heavy atom. The summed E-state index contributed by atoms with van der Waals surface area (Å²) in [4.78, 5) is 26.3. The zero-order valence-corrected chi connectivity index (χ0v) is 15.1. The van der Waals surface area contributed by atoms with Crippen molar-refractivity contribution in [1.29, 1.82) is 0 Å². The highest BCUT2D eigenvalue weighted by molar-refractivity contribution is 5.87. The Morgan fingerprint density at radius 3 is 2.71 bits per heavy atom. The quantitative estimate of drug-likeness (QED) is 0.688. The van der Waals surface area contributed by atoms with Gasteiger partial charge in [-0.25, -0.2) is 4.79 Å². The van der Waals surface area contributed by atoms with Gasteiger partial charge in [0.15, 0.2) is 11.6 Å². The van der Waals surface area contributed by atoms with Crippen molar-refractivity contribution in [2.45, 2.75) is 71.1 Å². The Labute approximate surface area is 143 Å². The van der Waals surface area contributed by atoms with Gasteiger partial charge in [0.2, 0.25) is 0 Å². The van der Waals surface area contributed by atoms with Crippen LogP contribution in [0.25, 0.3) is 0 Å². The summed E-state index contributed by atoms with van der Waals surface area (Å²) in [5, 5.41) is 0. The van der Waals surface area contributed by atoms with Crippen molar-refractivity contribution in [2.75, 3.05) is 13.1 Å². The highest BCUT2D eigenvalue weighted by Gasteiger charge is 2.54. The maximum atomic E-state index is 12.3. The zero-order chi connectivity index (χ0) is 17.7. The maximum absolute atomic E-state index is 12.3. The zero-order valence-electron chi connectivity index (χ0n) is 15.1. The molecule has 3 rings (SSSR count). The molecule has 2 fully saturated rings. The Morgan fingerprint density at radius 1 is 1.33 bits per heavy atom. The number of ether oxygens (including phenoxy) is 3. The first kappa shape index (κ1) is 17.4. The average molecular weight is 337 g/mol. The monoisotopic (exact) mass is 337 g/mol. The molecule has 0 N–H and O–H groups in total. The van der Waals surface area contributed by atoms with Crippen molar-refractivity contribution in [2.24, 2.45) is 5.92 Å². The number of carbonyl (C=O) groups excluding carboxylic acids is 2. The number of fused-ring (bicyclic) bond motifs is 1. The van der Waals surface area contributed by atoms with Crippen LogP contribution in [0.4, 0.5) is 4.79 Å². The third-order valence-electron chi connectivity index (χ3n) is 4.57. The normalized spacial score (nSPS) is 32.5. The minimum atomic E-state index is -0.732. The molecular formula is C18H27NO5. The summed E-state index contributed by atoms with van der Waals surface area (Å²) in [5.41, 5.74) is 0.563. The van der Waals surface area contributed by atoms with Gasteiger partial charge in [0.25, 0.3) is 0 Å². The predicted octanol–water partition coefficient (Wildman–Crippen LogP) is 2.66. The predicted molar refractivity (Wildman–Crippen MR) is 87.4 cm³/mol. The van der Waals surface area contributed by atoms with Gasteiger partial charge in [0, 0.05) is 25.4 Å². The van der Waals surface area contributed by atoms with Gasteiger partial charge in [0.1, 0.15) is 17.8 Å². The van der Waals surface area contributed by atoms with Gasteiger partial charge in [0.05, 0.1) is 0 Å². The van der Waals surface area contributed by atoms with Gasteiger partial charge >= 0.3 is 6.09 Å². The number of Topliss-reactive ketones (excluding diaryl/α,β-unsaturated/α-hetero) is 1. The number of rotatable bonds is 1. The standard InChI is InChI=1S/C18H27NO5/c1-17(2,3)24-16(21)19-8-6-7-11(10-19)12-9-13(20)15-14(12)22-18(4,5)23-15/h7,12,14-15H,6,8-10H2,1-5H3/t12-,14-,15+/m1/s1. The van der Waals surface area contributed by atoms with Crippen molar-refractivity contribution in [3.05, 3.63) is 11.6 Å². The number of hydrogen-bond acceptors (Lipinski definition) is 5. The van der Waals surface area contributed by atoms with Crippen LogP contribution in [-0.4, -0.2) is 53.5 Å². The molecule has 0 aromatic rings. The lowest BCUT2D eigenvalue weighted by molar-refractivity contribution is -0.162. The van der Waals surface area contributed by atoms with E-state index in [-0.39, 0.29) is 23.9 Å². The molecule has 3 atom stereocenters. The van der Waals surface area contributed by atoms with Gasteiger partial charge in [-0.15, -0.1) is 0 Å². The van der Waals surface area contributed by atoms with E-state index in [0.29, 0.717) is 19.5 Å². The first-order valence-corrected chi connectivity index (χ1v) is 8.61. The summed E-state index contributed by atoms with van der Waals surface area (Å²) >= 11 is 0.